The summed E-state index contributed by atoms with van der Waals surface area (Å²) >= 11 is 0. The third-order valence-corrected chi connectivity index (χ3v) is 6.20. The van der Waals surface area contributed by atoms with Gasteiger partial charge in [0.2, 0.25) is 0 Å². The monoisotopic (exact) mass is 522 g/mol. The third kappa shape index (κ3) is 22.9. The van der Waals surface area contributed by atoms with Gasteiger partial charge in [-0.15, -0.1) is 0 Å². The van der Waals surface area contributed by atoms with E-state index in [1.165, 1.54) is 44.9 Å². The molecule has 11 heteroatoms. The zero-order valence-corrected chi connectivity index (χ0v) is 22.1. The van der Waals surface area contributed by atoms with E-state index in [2.05, 4.69) is 33.9 Å². The lowest BCUT2D eigenvalue weighted by atomic mass is 10.1. The summed E-state index contributed by atoms with van der Waals surface area (Å²) < 4.78 is 25.2. The highest BCUT2D eigenvalue weighted by Crippen LogP contribution is 2.38. The number of carboxylic acids is 1. The number of aliphatic hydroxyl groups excluding tert-OH is 1. The fourth-order valence-corrected chi connectivity index (χ4v) is 3.91. The number of carbonyl (C=O) groups excluding carboxylic acids is 2. The maximum atomic E-state index is 11.7. The molecular formula is C24H45NO9P-. The largest absolute Gasteiger partial charge is 0.756 e. The van der Waals surface area contributed by atoms with Crippen molar-refractivity contribution in [3.8, 4) is 0 Å². The molecule has 10 nitrogen and oxygen atoms in total. The Labute approximate surface area is 209 Å². The SMILES string of the molecule is CCCCCCCC/C=C\CCCCCCCC(=O)OC[C@@H](O)COP(=O)([O-])OC[C@H]([NH3+])C(=O)[O-]. The molecule has 0 fully saturated rings. The van der Waals surface area contributed by atoms with Gasteiger partial charge in [0.05, 0.1) is 6.61 Å². The van der Waals surface area contributed by atoms with Crippen LogP contribution >= 0.6 is 7.82 Å². The van der Waals surface area contributed by atoms with Crippen LogP contribution in [0.25, 0.3) is 0 Å². The number of phosphoric acid groups is 1. The van der Waals surface area contributed by atoms with E-state index < -0.39 is 51.7 Å². The number of phosphoric ester groups is 1. The number of unbranched alkanes of at least 4 members (excludes halogenated alkanes) is 11. The summed E-state index contributed by atoms with van der Waals surface area (Å²) in [5.41, 5.74) is 3.14. The van der Waals surface area contributed by atoms with Crippen molar-refractivity contribution in [2.45, 2.75) is 109 Å². The van der Waals surface area contributed by atoms with Crippen LogP contribution in [-0.2, 0) is 27.9 Å². The number of carbonyl (C=O) groups is 2. The molecule has 0 bridgehead atoms. The number of rotatable bonds is 24. The Balaban J connectivity index is 3.62. The van der Waals surface area contributed by atoms with Crippen molar-refractivity contribution >= 4 is 19.8 Å². The molecule has 206 valence electrons. The lowest BCUT2D eigenvalue weighted by Gasteiger charge is -2.24. The van der Waals surface area contributed by atoms with Crippen LogP contribution in [0.1, 0.15) is 96.8 Å². The minimum Gasteiger partial charge on any atom is -0.756 e. The minimum atomic E-state index is -4.82. The van der Waals surface area contributed by atoms with Crippen molar-refractivity contribution in [3.63, 3.8) is 0 Å². The normalized spacial score (nSPS) is 15.1. The first-order chi connectivity index (χ1) is 16.7. The van der Waals surface area contributed by atoms with E-state index in [9.17, 15) is 29.3 Å². The summed E-state index contributed by atoms with van der Waals surface area (Å²) in [5, 5.41) is 20.2. The Morgan fingerprint density at radius 3 is 1.97 bits per heavy atom. The number of allylic oxidation sites excluding steroid dienone is 2. The van der Waals surface area contributed by atoms with Crippen LogP contribution in [0.2, 0.25) is 0 Å². The van der Waals surface area contributed by atoms with Crippen molar-refractivity contribution in [2.24, 2.45) is 0 Å². The highest BCUT2D eigenvalue weighted by molar-refractivity contribution is 7.45. The summed E-state index contributed by atoms with van der Waals surface area (Å²) in [6.07, 6.45) is 18.5. The number of carboxylic acid groups (broad SMARTS) is 1. The maximum Gasteiger partial charge on any atom is 0.305 e. The van der Waals surface area contributed by atoms with E-state index in [0.717, 1.165) is 32.1 Å². The fourth-order valence-electron chi connectivity index (χ4n) is 3.11. The van der Waals surface area contributed by atoms with Crippen molar-refractivity contribution in [2.75, 3.05) is 19.8 Å². The topological polar surface area (TPSA) is 173 Å². The molecule has 0 aromatic carbocycles. The molecule has 0 rings (SSSR count). The molecule has 0 aliphatic rings. The highest BCUT2D eigenvalue weighted by atomic mass is 31.2. The molecule has 0 amide bonds. The van der Waals surface area contributed by atoms with E-state index in [1.807, 2.05) is 0 Å². The van der Waals surface area contributed by atoms with Gasteiger partial charge in [-0.1, -0.05) is 70.4 Å². The summed E-state index contributed by atoms with van der Waals surface area (Å²) in [4.78, 5) is 33.7. The lowest BCUT2D eigenvalue weighted by molar-refractivity contribution is -0.441. The number of esters is 1. The molecule has 0 aliphatic heterocycles. The van der Waals surface area contributed by atoms with Crippen molar-refractivity contribution < 1.29 is 48.8 Å². The van der Waals surface area contributed by atoms with Crippen molar-refractivity contribution in [3.05, 3.63) is 12.2 Å². The van der Waals surface area contributed by atoms with Gasteiger partial charge in [0.25, 0.3) is 7.82 Å². The molecule has 0 spiro atoms. The Kier molecular flexibility index (Phi) is 21.1. The number of aliphatic carboxylic acids is 1. The zero-order chi connectivity index (χ0) is 26.4. The molecule has 0 radical (unpaired) electrons. The molecule has 0 saturated carbocycles. The minimum absolute atomic E-state index is 0.225. The van der Waals surface area contributed by atoms with Crippen LogP contribution in [0.4, 0.5) is 0 Å². The number of quaternary nitrogens is 1. The molecule has 0 aromatic heterocycles. The number of hydrogen-bond donors (Lipinski definition) is 2. The van der Waals surface area contributed by atoms with Gasteiger partial charge in [0, 0.05) is 6.42 Å². The average molecular weight is 523 g/mol. The number of hydrogen-bond acceptors (Lipinski definition) is 9. The molecular weight excluding hydrogens is 477 g/mol. The predicted octanol–water partition coefficient (Wildman–Crippen LogP) is 1.79. The summed E-state index contributed by atoms with van der Waals surface area (Å²) in [5.74, 6) is -2.04. The van der Waals surface area contributed by atoms with Crippen LogP contribution in [0, 0.1) is 0 Å². The van der Waals surface area contributed by atoms with Gasteiger partial charge in [-0.2, -0.15) is 0 Å². The van der Waals surface area contributed by atoms with Crippen LogP contribution in [0.15, 0.2) is 12.2 Å². The van der Waals surface area contributed by atoms with Gasteiger partial charge in [-0.25, -0.2) is 0 Å². The number of ether oxygens (including phenoxy) is 1. The molecule has 0 saturated heterocycles. The second-order valence-corrected chi connectivity index (χ2v) is 10.1. The average Bonchev–Trinajstić information content (AvgIpc) is 2.82. The van der Waals surface area contributed by atoms with Gasteiger partial charge in [-0.3, -0.25) is 9.36 Å². The molecule has 4 N–H and O–H groups in total. The second kappa shape index (κ2) is 21.9. The van der Waals surface area contributed by atoms with E-state index >= 15 is 0 Å². The summed E-state index contributed by atoms with van der Waals surface area (Å²) in [7, 11) is -4.82. The molecule has 35 heavy (non-hydrogen) atoms. The molecule has 0 aromatic rings. The van der Waals surface area contributed by atoms with Gasteiger partial charge in [0.15, 0.2) is 0 Å². The van der Waals surface area contributed by atoms with Gasteiger partial charge in [-0.05, 0) is 32.1 Å². The highest BCUT2D eigenvalue weighted by Gasteiger charge is 2.18. The van der Waals surface area contributed by atoms with Crippen molar-refractivity contribution in [1.29, 1.82) is 0 Å². The first-order valence-corrected chi connectivity index (χ1v) is 14.3. The van der Waals surface area contributed by atoms with E-state index in [0.29, 0.717) is 6.42 Å². The van der Waals surface area contributed by atoms with Gasteiger partial charge in [0.1, 0.15) is 31.3 Å². The van der Waals surface area contributed by atoms with Crippen LogP contribution < -0.4 is 15.7 Å². The predicted molar refractivity (Wildman–Crippen MR) is 128 cm³/mol. The smallest absolute Gasteiger partial charge is 0.305 e. The Hall–Kier alpha value is -1.29. The molecule has 0 heterocycles. The van der Waals surface area contributed by atoms with Gasteiger partial charge >= 0.3 is 5.97 Å². The quantitative estimate of drug-likeness (QED) is 0.0829. The second-order valence-electron chi connectivity index (χ2n) is 8.73. The van der Waals surface area contributed by atoms with Crippen LogP contribution in [0.3, 0.4) is 0 Å². The van der Waals surface area contributed by atoms with Crippen LogP contribution in [-0.4, -0.2) is 49.0 Å². The van der Waals surface area contributed by atoms with E-state index in [4.69, 9.17) is 4.74 Å². The van der Waals surface area contributed by atoms with Gasteiger partial charge < -0.3 is 39.4 Å². The van der Waals surface area contributed by atoms with E-state index in [1.54, 1.807) is 0 Å². The summed E-state index contributed by atoms with van der Waals surface area (Å²) in [6.45, 7) is 0.383. The Bertz CT molecular complexity index is 630. The summed E-state index contributed by atoms with van der Waals surface area (Å²) in [6, 6.07) is -1.39. The Morgan fingerprint density at radius 2 is 1.40 bits per heavy atom. The Morgan fingerprint density at radius 1 is 0.886 bits per heavy atom. The first-order valence-electron chi connectivity index (χ1n) is 12.8. The lowest BCUT2D eigenvalue weighted by Crippen LogP contribution is -2.70. The standard InChI is InChI=1S/C24H46NO9P/c1-2-3-4-5-6-7-8-9-10-11-12-13-14-15-16-17-23(27)32-18-21(26)19-33-35(30,31)34-20-22(25)24(28)29/h9-10,21-22,26H,2-8,11-20,25H2,1H3,(H,28,29)(H,30,31)/p-1/b10-9-/t21-,22+/m1/s1. The fraction of sp³-hybridized carbons (Fsp3) is 0.833. The third-order valence-electron chi connectivity index (χ3n) is 5.27. The number of aliphatic hydroxyl groups is 1. The van der Waals surface area contributed by atoms with Crippen LogP contribution in [0.5, 0.6) is 0 Å². The molecule has 0 aliphatic carbocycles. The molecule has 1 unspecified atom stereocenters. The van der Waals surface area contributed by atoms with Crippen molar-refractivity contribution in [1.82, 2.24) is 0 Å². The zero-order valence-electron chi connectivity index (χ0n) is 21.2. The maximum absolute atomic E-state index is 11.7. The van der Waals surface area contributed by atoms with E-state index in [-0.39, 0.29) is 6.42 Å². The first kappa shape index (κ1) is 33.7. The molecule has 3 atom stereocenters.